The molecule has 1 heterocycles. The summed E-state index contributed by atoms with van der Waals surface area (Å²) in [5.41, 5.74) is 5.73. The van der Waals surface area contributed by atoms with Crippen LogP contribution in [0.2, 0.25) is 0 Å². The number of piperidine rings is 1. The molecule has 2 aliphatic carbocycles. The Morgan fingerprint density at radius 3 is 2.45 bits per heavy atom. The second-order valence-corrected chi connectivity index (χ2v) is 9.85. The molecule has 1 aliphatic heterocycles. The number of fused-ring (bicyclic) bond motifs is 2. The Labute approximate surface area is 216 Å². The zero-order valence-corrected chi connectivity index (χ0v) is 21.0. The molecule has 6 nitrogen and oxygen atoms in total. The molecule has 3 aliphatic rings. The van der Waals surface area contributed by atoms with Gasteiger partial charge in [0.25, 0.3) is 0 Å². The molecular formula is C21H26KN3O3S. The van der Waals surface area contributed by atoms with Crippen LogP contribution in [0.3, 0.4) is 0 Å². The summed E-state index contributed by atoms with van der Waals surface area (Å²) in [6, 6.07) is 1.50. The first-order valence-electron chi connectivity index (χ1n) is 10.1. The summed E-state index contributed by atoms with van der Waals surface area (Å²) in [7, 11) is -3.88. The van der Waals surface area contributed by atoms with Crippen molar-refractivity contribution in [2.24, 2.45) is 0 Å². The molecule has 1 N–H and O–H groups in total. The van der Waals surface area contributed by atoms with E-state index in [4.69, 9.17) is 6.42 Å². The van der Waals surface area contributed by atoms with E-state index >= 15 is 0 Å². The number of aryl methyl sites for hydroxylation is 2. The first-order valence-corrected chi connectivity index (χ1v) is 11.6. The summed E-state index contributed by atoms with van der Waals surface area (Å²) in [6.07, 6.45) is 12.6. The van der Waals surface area contributed by atoms with Gasteiger partial charge in [-0.15, -0.1) is 6.42 Å². The Morgan fingerprint density at radius 1 is 1.17 bits per heavy atom. The summed E-state index contributed by atoms with van der Waals surface area (Å²) >= 11 is 0. The SMILES string of the molecule is C#CCN1CCCC(S(=O)(=O)[N-]C(=O)Nc2c3c(cc4c2CCC4)CCC3)C1.[K+]. The van der Waals surface area contributed by atoms with Crippen molar-refractivity contribution >= 4 is 21.7 Å². The third-order valence-electron chi connectivity index (χ3n) is 6.11. The molecule has 0 bridgehead atoms. The second kappa shape index (κ2) is 9.82. The Hall–Kier alpha value is -0.404. The van der Waals surface area contributed by atoms with Gasteiger partial charge in [-0.25, -0.2) is 8.42 Å². The van der Waals surface area contributed by atoms with Gasteiger partial charge in [0.1, 0.15) is 0 Å². The van der Waals surface area contributed by atoms with Gasteiger partial charge in [0.05, 0.1) is 11.8 Å². The van der Waals surface area contributed by atoms with Crippen LogP contribution in [0.15, 0.2) is 6.07 Å². The largest absolute Gasteiger partial charge is 1.00 e. The van der Waals surface area contributed by atoms with E-state index in [9.17, 15) is 13.2 Å². The van der Waals surface area contributed by atoms with Crippen LogP contribution in [0.5, 0.6) is 0 Å². The fourth-order valence-electron chi connectivity index (χ4n) is 4.82. The molecule has 0 radical (unpaired) electrons. The Balaban J connectivity index is 0.00000240. The number of urea groups is 1. The second-order valence-electron chi connectivity index (χ2n) is 7.97. The summed E-state index contributed by atoms with van der Waals surface area (Å²) in [5, 5.41) is 2.17. The fraction of sp³-hybridized carbons (Fsp3) is 0.571. The van der Waals surface area contributed by atoms with E-state index in [1.165, 1.54) is 22.3 Å². The van der Waals surface area contributed by atoms with Crippen molar-refractivity contribution in [2.75, 3.05) is 25.0 Å². The fourth-order valence-corrected chi connectivity index (χ4v) is 6.11. The number of nitrogens with one attached hydrogen (secondary N) is 1. The zero-order chi connectivity index (χ0) is 19.7. The Morgan fingerprint density at radius 2 is 1.83 bits per heavy atom. The van der Waals surface area contributed by atoms with Crippen molar-refractivity contribution in [1.82, 2.24) is 4.90 Å². The minimum absolute atomic E-state index is 0. The molecule has 0 aromatic heterocycles. The quantitative estimate of drug-likeness (QED) is 0.529. The molecule has 1 aromatic rings. The summed E-state index contributed by atoms with van der Waals surface area (Å²) < 4.78 is 29.0. The number of terminal acetylenes is 1. The van der Waals surface area contributed by atoms with Gasteiger partial charge in [-0.1, -0.05) is 12.0 Å². The third-order valence-corrected chi connectivity index (χ3v) is 7.76. The predicted octanol–water partition coefficient (Wildman–Crippen LogP) is 0.00100. The molecule has 0 saturated carbocycles. The van der Waals surface area contributed by atoms with Gasteiger partial charge in [-0.05, 0) is 85.9 Å². The number of sulfonamides is 1. The molecule has 1 atom stereocenters. The van der Waals surface area contributed by atoms with Crippen molar-refractivity contribution < 1.29 is 64.6 Å². The maximum absolute atomic E-state index is 12.7. The summed E-state index contributed by atoms with van der Waals surface area (Å²) in [4.78, 5) is 14.5. The number of hydrogen-bond acceptors (Lipinski definition) is 4. The molecule has 1 unspecified atom stereocenters. The van der Waals surface area contributed by atoms with Crippen LogP contribution in [0.4, 0.5) is 10.5 Å². The maximum atomic E-state index is 12.7. The average Bonchev–Trinajstić information content (AvgIpc) is 3.30. The minimum atomic E-state index is -3.88. The number of nitrogens with zero attached hydrogens (tertiary/aromatic N) is 2. The first kappa shape index (κ1) is 23.3. The summed E-state index contributed by atoms with van der Waals surface area (Å²) in [5.74, 6) is 2.55. The van der Waals surface area contributed by atoms with Crippen molar-refractivity contribution in [2.45, 2.75) is 56.6 Å². The van der Waals surface area contributed by atoms with E-state index in [-0.39, 0.29) is 51.4 Å². The maximum Gasteiger partial charge on any atom is 1.00 e. The molecule has 4 rings (SSSR count). The van der Waals surface area contributed by atoms with Crippen molar-refractivity contribution in [3.05, 3.63) is 33.0 Å². The molecule has 1 saturated heterocycles. The monoisotopic (exact) mass is 439 g/mol. The van der Waals surface area contributed by atoms with Crippen molar-refractivity contribution in [1.29, 1.82) is 0 Å². The molecule has 8 heteroatoms. The standard InChI is InChI=1S/C21H27N3O3S.K/c1-2-11-24-12-5-8-17(14-24)28(26,27)23-21(25)22-20-18-9-3-6-15(18)13-16-7-4-10-19(16)20;/h1,13,17H,3-12,14H2,(H2,22,23,25);/q;+1/p-1. The van der Waals surface area contributed by atoms with E-state index in [2.05, 4.69) is 22.0 Å². The number of anilines is 1. The molecule has 150 valence electrons. The normalized spacial score (nSPS) is 20.9. The van der Waals surface area contributed by atoms with Gasteiger partial charge >= 0.3 is 51.4 Å². The Kier molecular flexibility index (Phi) is 7.87. The van der Waals surface area contributed by atoms with E-state index in [0.29, 0.717) is 19.5 Å². The predicted molar refractivity (Wildman–Crippen MR) is 110 cm³/mol. The number of carbonyl (C=O) groups excluding carboxylic acids is 1. The van der Waals surface area contributed by atoms with E-state index in [1.807, 2.05) is 4.90 Å². The number of amides is 2. The number of benzene rings is 1. The molecule has 1 aromatic carbocycles. The number of hydrogen-bond donors (Lipinski definition) is 1. The average molecular weight is 440 g/mol. The molecule has 0 spiro atoms. The summed E-state index contributed by atoms with van der Waals surface area (Å²) in [6.45, 7) is 1.53. The number of rotatable bonds is 4. The van der Waals surface area contributed by atoms with Crippen LogP contribution in [0, 0.1) is 12.3 Å². The van der Waals surface area contributed by atoms with Crippen LogP contribution in [0.1, 0.15) is 47.9 Å². The van der Waals surface area contributed by atoms with E-state index < -0.39 is 21.3 Å². The topological polar surface area (TPSA) is 80.6 Å². The Bertz CT molecular complexity index is 907. The minimum Gasteiger partial charge on any atom is -0.423 e. The van der Waals surface area contributed by atoms with Crippen molar-refractivity contribution in [3.8, 4) is 12.3 Å². The molecule has 2 amide bonds. The van der Waals surface area contributed by atoms with Gasteiger partial charge in [0, 0.05) is 6.54 Å². The van der Waals surface area contributed by atoms with Crippen LogP contribution < -0.4 is 56.7 Å². The first-order chi connectivity index (χ1) is 13.5. The number of carbonyl (C=O) groups is 1. The van der Waals surface area contributed by atoms with Gasteiger partial charge in [-0.2, -0.15) is 0 Å². The van der Waals surface area contributed by atoms with Crippen LogP contribution in [-0.4, -0.2) is 44.2 Å². The smallest absolute Gasteiger partial charge is 0.423 e. The third kappa shape index (κ3) is 5.09. The molecular weight excluding hydrogens is 413 g/mol. The molecule has 1 fully saturated rings. The van der Waals surface area contributed by atoms with E-state index in [1.54, 1.807) is 0 Å². The van der Waals surface area contributed by atoms with Gasteiger partial charge < -0.3 is 10.0 Å². The van der Waals surface area contributed by atoms with Gasteiger partial charge in [0.2, 0.25) is 0 Å². The van der Waals surface area contributed by atoms with Crippen LogP contribution in [-0.2, 0) is 35.7 Å². The zero-order valence-electron chi connectivity index (χ0n) is 17.0. The van der Waals surface area contributed by atoms with Crippen LogP contribution in [0.25, 0.3) is 4.72 Å². The molecule has 29 heavy (non-hydrogen) atoms. The van der Waals surface area contributed by atoms with Crippen molar-refractivity contribution in [3.63, 3.8) is 0 Å². The van der Waals surface area contributed by atoms with Gasteiger partial charge in [-0.3, -0.25) is 9.69 Å². The van der Waals surface area contributed by atoms with E-state index in [0.717, 1.165) is 57.2 Å². The number of likely N-dealkylation sites (tertiary alicyclic amines) is 1. The van der Waals surface area contributed by atoms with Crippen LogP contribution >= 0.6 is 0 Å². The van der Waals surface area contributed by atoms with Gasteiger partial charge in [0.15, 0.2) is 16.1 Å².